The molecule has 1 aromatic rings. The number of hydrogen-bond donors (Lipinski definition) is 1. The number of carbonyl (C=O) groups is 1. The highest BCUT2D eigenvalue weighted by atomic mass is 35.5. The first-order valence-electron chi connectivity index (χ1n) is 2.51. The van der Waals surface area contributed by atoms with Crippen molar-refractivity contribution in [3.8, 4) is 6.07 Å². The Hall–Kier alpha value is -1.27. The molecule has 50 valence electrons. The molecule has 0 aliphatic heterocycles. The molecule has 10 heavy (non-hydrogen) atoms. The van der Waals surface area contributed by atoms with Crippen LogP contribution in [0.15, 0.2) is 6.07 Å². The Morgan fingerprint density at radius 1 is 1.80 bits per heavy atom. The molecule has 0 saturated heterocycles. The maximum Gasteiger partial charge on any atom is 0.153 e. The van der Waals surface area contributed by atoms with Crippen molar-refractivity contribution in [1.82, 2.24) is 4.98 Å². The minimum atomic E-state index is 0.214. The van der Waals surface area contributed by atoms with Crippen LogP contribution in [0.3, 0.4) is 0 Å². The Kier molecular flexibility index (Phi) is 1.74. The number of hydrogen-bond acceptors (Lipinski definition) is 2. The minimum Gasteiger partial charge on any atom is -0.337 e. The van der Waals surface area contributed by atoms with E-state index in [9.17, 15) is 4.79 Å². The second-order valence-electron chi connectivity index (χ2n) is 1.68. The first-order valence-corrected chi connectivity index (χ1v) is 2.89. The van der Waals surface area contributed by atoms with E-state index in [1.807, 2.05) is 6.07 Å². The number of aromatic amines is 1. The van der Waals surface area contributed by atoms with E-state index in [4.69, 9.17) is 16.9 Å². The highest BCUT2D eigenvalue weighted by molar-refractivity contribution is 6.31. The average Bonchev–Trinajstić information content (AvgIpc) is 2.30. The summed E-state index contributed by atoms with van der Waals surface area (Å²) in [6.45, 7) is 0. The van der Waals surface area contributed by atoms with Crippen LogP contribution in [0.1, 0.15) is 16.1 Å². The molecule has 0 fully saturated rings. The number of aldehydes is 1. The zero-order valence-electron chi connectivity index (χ0n) is 4.89. The fourth-order valence-corrected chi connectivity index (χ4v) is 0.792. The van der Waals surface area contributed by atoms with Gasteiger partial charge in [-0.3, -0.25) is 4.79 Å². The van der Waals surface area contributed by atoms with Crippen LogP contribution in [0.4, 0.5) is 0 Å². The number of nitriles is 1. The Labute approximate surface area is 62.2 Å². The van der Waals surface area contributed by atoms with E-state index < -0.39 is 0 Å². The van der Waals surface area contributed by atoms with Gasteiger partial charge < -0.3 is 4.98 Å². The van der Waals surface area contributed by atoms with Crippen molar-refractivity contribution in [3.05, 3.63) is 22.5 Å². The van der Waals surface area contributed by atoms with Gasteiger partial charge in [0.1, 0.15) is 16.9 Å². The largest absolute Gasteiger partial charge is 0.337 e. The molecule has 0 aliphatic rings. The highest BCUT2D eigenvalue weighted by Crippen LogP contribution is 2.12. The van der Waals surface area contributed by atoms with E-state index in [2.05, 4.69) is 4.98 Å². The first kappa shape index (κ1) is 6.84. The summed E-state index contributed by atoms with van der Waals surface area (Å²) in [7, 11) is 0. The van der Waals surface area contributed by atoms with E-state index in [-0.39, 0.29) is 5.15 Å². The van der Waals surface area contributed by atoms with Crippen molar-refractivity contribution in [2.45, 2.75) is 0 Å². The molecule has 0 saturated carbocycles. The lowest BCUT2D eigenvalue weighted by atomic mass is 10.3. The third-order valence-corrected chi connectivity index (χ3v) is 1.36. The van der Waals surface area contributed by atoms with Gasteiger partial charge in [-0.25, -0.2) is 0 Å². The fraction of sp³-hybridized carbons (Fsp3) is 0. The summed E-state index contributed by atoms with van der Waals surface area (Å²) < 4.78 is 0. The molecular formula is C6H3ClN2O. The molecule has 1 heterocycles. The monoisotopic (exact) mass is 154 g/mol. The van der Waals surface area contributed by atoms with Crippen LogP contribution < -0.4 is 0 Å². The summed E-state index contributed by atoms with van der Waals surface area (Å²) in [6, 6.07) is 3.22. The molecule has 4 heteroatoms. The van der Waals surface area contributed by atoms with Gasteiger partial charge in [0.2, 0.25) is 0 Å². The summed E-state index contributed by atoms with van der Waals surface area (Å²) >= 11 is 5.49. The maximum absolute atomic E-state index is 10.1. The molecule has 1 rings (SSSR count). The van der Waals surface area contributed by atoms with Gasteiger partial charge >= 0.3 is 0 Å². The SMILES string of the molecule is N#Cc1cc(C=O)c(Cl)[nH]1. The third kappa shape index (κ3) is 1.02. The zero-order chi connectivity index (χ0) is 7.56. The number of halogens is 1. The number of aromatic nitrogens is 1. The molecule has 3 nitrogen and oxygen atoms in total. The molecule has 0 spiro atoms. The van der Waals surface area contributed by atoms with Crippen LogP contribution in [-0.4, -0.2) is 11.3 Å². The molecule has 0 amide bonds. The van der Waals surface area contributed by atoms with Crippen LogP contribution in [0.5, 0.6) is 0 Å². The van der Waals surface area contributed by atoms with E-state index >= 15 is 0 Å². The van der Waals surface area contributed by atoms with Crippen LogP contribution in [0, 0.1) is 11.3 Å². The van der Waals surface area contributed by atoms with E-state index in [1.165, 1.54) is 6.07 Å². The Bertz CT molecular complexity index is 297. The Balaban J connectivity index is 3.19. The van der Waals surface area contributed by atoms with Crippen LogP contribution in [0.25, 0.3) is 0 Å². The Morgan fingerprint density at radius 2 is 2.50 bits per heavy atom. The molecule has 0 atom stereocenters. The van der Waals surface area contributed by atoms with Crippen LogP contribution in [-0.2, 0) is 0 Å². The lowest BCUT2D eigenvalue weighted by Crippen LogP contribution is -1.71. The molecule has 1 aromatic heterocycles. The number of carbonyl (C=O) groups excluding carboxylic acids is 1. The lowest BCUT2D eigenvalue weighted by molar-refractivity contribution is 0.112. The maximum atomic E-state index is 10.1. The normalized spacial score (nSPS) is 8.80. The van der Waals surface area contributed by atoms with Crippen molar-refractivity contribution in [2.24, 2.45) is 0 Å². The molecule has 0 aliphatic carbocycles. The van der Waals surface area contributed by atoms with Gasteiger partial charge in [-0.1, -0.05) is 11.6 Å². The van der Waals surface area contributed by atoms with Crippen molar-refractivity contribution >= 4 is 17.9 Å². The molecule has 0 radical (unpaired) electrons. The van der Waals surface area contributed by atoms with Gasteiger partial charge in [0.25, 0.3) is 0 Å². The van der Waals surface area contributed by atoms with Crippen molar-refractivity contribution in [2.75, 3.05) is 0 Å². The van der Waals surface area contributed by atoms with Crippen LogP contribution >= 0.6 is 11.6 Å². The molecule has 0 unspecified atom stereocenters. The van der Waals surface area contributed by atoms with Crippen LogP contribution in [0.2, 0.25) is 5.15 Å². The van der Waals surface area contributed by atoms with E-state index in [1.54, 1.807) is 0 Å². The van der Waals surface area contributed by atoms with Crippen molar-refractivity contribution in [1.29, 1.82) is 5.26 Å². The summed E-state index contributed by atoms with van der Waals surface area (Å²) in [6.07, 6.45) is 0.597. The zero-order valence-corrected chi connectivity index (χ0v) is 5.64. The molecule has 1 N–H and O–H groups in total. The van der Waals surface area contributed by atoms with Gasteiger partial charge in [0.05, 0.1) is 5.56 Å². The fourth-order valence-electron chi connectivity index (χ4n) is 0.591. The Morgan fingerprint density at radius 3 is 2.80 bits per heavy atom. The molecule has 0 bridgehead atoms. The topological polar surface area (TPSA) is 56.6 Å². The summed E-state index contributed by atoms with van der Waals surface area (Å²) in [4.78, 5) is 12.7. The highest BCUT2D eigenvalue weighted by Gasteiger charge is 2.02. The summed E-state index contributed by atoms with van der Waals surface area (Å²) in [5, 5.41) is 8.53. The van der Waals surface area contributed by atoms with Gasteiger partial charge in [-0.05, 0) is 6.07 Å². The predicted octanol–water partition coefficient (Wildman–Crippen LogP) is 1.35. The van der Waals surface area contributed by atoms with E-state index in [0.717, 1.165) is 0 Å². The molecule has 0 aromatic carbocycles. The minimum absolute atomic E-state index is 0.214. The molecular weight excluding hydrogens is 152 g/mol. The number of rotatable bonds is 1. The quantitative estimate of drug-likeness (QED) is 0.621. The van der Waals surface area contributed by atoms with Gasteiger partial charge in [0.15, 0.2) is 6.29 Å². The smallest absolute Gasteiger partial charge is 0.153 e. The predicted molar refractivity (Wildman–Crippen MR) is 35.9 cm³/mol. The van der Waals surface area contributed by atoms with Gasteiger partial charge in [0, 0.05) is 0 Å². The second kappa shape index (κ2) is 2.54. The number of nitrogens with one attached hydrogen (secondary N) is 1. The number of nitrogens with zero attached hydrogens (tertiary/aromatic N) is 1. The number of H-pyrrole nitrogens is 1. The lowest BCUT2D eigenvalue weighted by Gasteiger charge is -1.77. The standard InChI is InChI=1S/C6H3ClN2O/c7-6-4(3-10)1-5(2-8)9-6/h1,3,9H. The average molecular weight is 155 g/mol. The van der Waals surface area contributed by atoms with Gasteiger partial charge in [-0.2, -0.15) is 5.26 Å². The van der Waals surface area contributed by atoms with Gasteiger partial charge in [-0.15, -0.1) is 0 Å². The summed E-state index contributed by atoms with van der Waals surface area (Å²) in [5.41, 5.74) is 0.616. The van der Waals surface area contributed by atoms with E-state index in [0.29, 0.717) is 17.5 Å². The van der Waals surface area contributed by atoms with Crippen molar-refractivity contribution < 1.29 is 4.79 Å². The third-order valence-electron chi connectivity index (χ3n) is 1.05. The second-order valence-corrected chi connectivity index (χ2v) is 2.06. The summed E-state index contributed by atoms with van der Waals surface area (Å²) in [5.74, 6) is 0. The first-order chi connectivity index (χ1) is 4.77. The van der Waals surface area contributed by atoms with Crippen molar-refractivity contribution in [3.63, 3.8) is 0 Å².